The highest BCUT2D eigenvalue weighted by Crippen LogP contribution is 2.27. The van der Waals surface area contributed by atoms with Gasteiger partial charge >= 0.3 is 6.18 Å². The minimum absolute atomic E-state index is 0.275. The second-order valence-corrected chi connectivity index (χ2v) is 7.45. The number of carbonyl (C=O) groups excluding carboxylic acids is 1. The summed E-state index contributed by atoms with van der Waals surface area (Å²) in [5.41, 5.74) is 1.68. The van der Waals surface area contributed by atoms with E-state index in [9.17, 15) is 18.0 Å². The molecule has 1 aromatic heterocycles. The molecule has 156 valence electrons. The molecule has 4 rings (SSSR count). The monoisotopic (exact) mass is 414 g/mol. The van der Waals surface area contributed by atoms with Crippen LogP contribution in [0.3, 0.4) is 0 Å². The number of hydrogen-bond donors (Lipinski definition) is 0. The van der Waals surface area contributed by atoms with E-state index in [2.05, 4.69) is 16.0 Å². The van der Waals surface area contributed by atoms with Crippen LogP contribution in [-0.4, -0.2) is 52.6 Å². The first-order chi connectivity index (χ1) is 14.3. The lowest BCUT2D eigenvalue weighted by molar-refractivity contribution is -0.163. The van der Waals surface area contributed by atoms with Crippen molar-refractivity contribution in [2.75, 3.05) is 24.5 Å². The lowest BCUT2D eigenvalue weighted by atomic mass is 10.1. The molecule has 2 heterocycles. The largest absolute Gasteiger partial charge is 0.406 e. The summed E-state index contributed by atoms with van der Waals surface area (Å²) in [6.45, 7) is 0.703. The third-order valence-electron chi connectivity index (χ3n) is 5.33. The summed E-state index contributed by atoms with van der Waals surface area (Å²) in [6.07, 6.45) is -2.33. The summed E-state index contributed by atoms with van der Waals surface area (Å²) < 4.78 is 38.6. The summed E-state index contributed by atoms with van der Waals surface area (Å²) in [7, 11) is 0. The van der Waals surface area contributed by atoms with Gasteiger partial charge in [-0.3, -0.25) is 4.79 Å². The molecule has 3 aromatic rings. The van der Waals surface area contributed by atoms with E-state index < -0.39 is 24.7 Å². The van der Waals surface area contributed by atoms with Gasteiger partial charge in [0.1, 0.15) is 6.54 Å². The van der Waals surface area contributed by atoms with Crippen molar-refractivity contribution in [2.45, 2.75) is 25.6 Å². The molecule has 0 saturated carbocycles. The lowest BCUT2D eigenvalue weighted by Crippen LogP contribution is -2.46. The average Bonchev–Trinajstić information content (AvgIpc) is 3.21. The van der Waals surface area contributed by atoms with Gasteiger partial charge in [0.15, 0.2) is 0 Å². The van der Waals surface area contributed by atoms with Crippen molar-refractivity contribution in [3.8, 4) is 11.3 Å². The summed E-state index contributed by atoms with van der Waals surface area (Å²) in [5.74, 6) is -0.122. The fourth-order valence-electron chi connectivity index (χ4n) is 3.88. The first-order valence-electron chi connectivity index (χ1n) is 9.71. The van der Waals surface area contributed by atoms with Gasteiger partial charge in [-0.25, -0.2) is 9.97 Å². The number of aromatic nitrogens is 2. The summed E-state index contributed by atoms with van der Waals surface area (Å²) in [5, 5.41) is 2.23. The maximum absolute atomic E-state index is 12.9. The molecule has 0 N–H and O–H groups in total. The van der Waals surface area contributed by atoms with Gasteiger partial charge in [-0.1, -0.05) is 36.4 Å². The molecule has 1 fully saturated rings. The van der Waals surface area contributed by atoms with E-state index in [-0.39, 0.29) is 6.54 Å². The van der Waals surface area contributed by atoms with Crippen LogP contribution in [0.4, 0.5) is 19.1 Å². The van der Waals surface area contributed by atoms with Crippen molar-refractivity contribution >= 4 is 22.6 Å². The number of alkyl halides is 3. The number of anilines is 1. The molecule has 0 radical (unpaired) electrons. The van der Waals surface area contributed by atoms with Crippen LogP contribution in [0.15, 0.2) is 54.7 Å². The third-order valence-corrected chi connectivity index (χ3v) is 5.33. The number of hydrogen-bond acceptors (Lipinski definition) is 4. The van der Waals surface area contributed by atoms with Crippen LogP contribution in [0.1, 0.15) is 13.3 Å². The minimum atomic E-state index is -4.43. The third kappa shape index (κ3) is 4.37. The molecule has 2 aromatic carbocycles. The number of fused-ring (bicyclic) bond motifs is 1. The van der Waals surface area contributed by atoms with Crippen molar-refractivity contribution in [1.29, 1.82) is 0 Å². The number of carbonyl (C=O) groups is 1. The zero-order chi connectivity index (χ0) is 21.3. The Hall–Kier alpha value is -3.16. The highest BCUT2D eigenvalue weighted by atomic mass is 19.4. The Morgan fingerprint density at radius 3 is 2.67 bits per heavy atom. The summed E-state index contributed by atoms with van der Waals surface area (Å²) in [6, 6.07) is 15.4. The molecule has 1 aliphatic heterocycles. The molecule has 0 bridgehead atoms. The second-order valence-electron chi connectivity index (χ2n) is 7.45. The predicted molar refractivity (Wildman–Crippen MR) is 109 cm³/mol. The van der Waals surface area contributed by atoms with Gasteiger partial charge in [0.05, 0.1) is 11.7 Å². The zero-order valence-corrected chi connectivity index (χ0v) is 16.4. The first kappa shape index (κ1) is 20.1. The van der Waals surface area contributed by atoms with Gasteiger partial charge in [0.2, 0.25) is 11.9 Å². The molecule has 5 nitrogen and oxygen atoms in total. The van der Waals surface area contributed by atoms with Gasteiger partial charge in [0.25, 0.3) is 0 Å². The van der Waals surface area contributed by atoms with Crippen LogP contribution in [0.5, 0.6) is 0 Å². The summed E-state index contributed by atoms with van der Waals surface area (Å²) >= 11 is 0. The smallest absolute Gasteiger partial charge is 0.339 e. The topological polar surface area (TPSA) is 49.3 Å². The molecular formula is C22H21F3N4O. The highest BCUT2D eigenvalue weighted by Gasteiger charge is 2.38. The molecule has 0 aliphatic carbocycles. The van der Waals surface area contributed by atoms with E-state index in [0.717, 1.165) is 26.9 Å². The van der Waals surface area contributed by atoms with Crippen molar-refractivity contribution in [1.82, 2.24) is 14.9 Å². The van der Waals surface area contributed by atoms with Gasteiger partial charge in [-0.05, 0) is 29.3 Å². The van der Waals surface area contributed by atoms with Crippen LogP contribution >= 0.6 is 0 Å². The van der Waals surface area contributed by atoms with Gasteiger partial charge < -0.3 is 9.80 Å². The standard InChI is InChI=1S/C22H21F3N4O/c1-15(30)29(14-22(23,24)25)19-9-11-28(13-19)21-26-10-8-20(27-21)18-7-6-16-4-2-3-5-17(16)12-18/h2-8,10,12,19H,9,11,13-14H2,1H3. The van der Waals surface area contributed by atoms with Crippen molar-refractivity contribution in [3.05, 3.63) is 54.7 Å². The fourth-order valence-corrected chi connectivity index (χ4v) is 3.88. The number of nitrogens with zero attached hydrogens (tertiary/aromatic N) is 4. The molecule has 8 heteroatoms. The first-order valence-corrected chi connectivity index (χ1v) is 9.71. The van der Waals surface area contributed by atoms with E-state index in [1.54, 1.807) is 6.20 Å². The molecule has 1 unspecified atom stereocenters. The number of halogens is 3. The van der Waals surface area contributed by atoms with E-state index in [1.807, 2.05) is 47.4 Å². The number of benzene rings is 2. The predicted octanol–water partition coefficient (Wildman–Crippen LogP) is 4.29. The molecule has 1 amide bonds. The lowest BCUT2D eigenvalue weighted by Gasteiger charge is -2.28. The molecule has 0 spiro atoms. The van der Waals surface area contributed by atoms with E-state index in [4.69, 9.17) is 0 Å². The Balaban J connectivity index is 1.54. The Morgan fingerprint density at radius 2 is 1.93 bits per heavy atom. The van der Waals surface area contributed by atoms with Crippen LogP contribution < -0.4 is 4.90 Å². The van der Waals surface area contributed by atoms with Crippen LogP contribution in [-0.2, 0) is 4.79 Å². The van der Waals surface area contributed by atoms with E-state index in [0.29, 0.717) is 18.9 Å². The van der Waals surface area contributed by atoms with Crippen molar-refractivity contribution < 1.29 is 18.0 Å². The molecule has 1 aliphatic rings. The van der Waals surface area contributed by atoms with Crippen LogP contribution in [0.2, 0.25) is 0 Å². The molecular weight excluding hydrogens is 393 g/mol. The van der Waals surface area contributed by atoms with Gasteiger partial charge in [-0.2, -0.15) is 13.2 Å². The Morgan fingerprint density at radius 1 is 1.17 bits per heavy atom. The molecule has 1 saturated heterocycles. The second kappa shape index (κ2) is 7.93. The zero-order valence-electron chi connectivity index (χ0n) is 16.4. The fraction of sp³-hybridized carbons (Fsp3) is 0.318. The SMILES string of the molecule is CC(=O)N(CC(F)(F)F)C1CCN(c2nccc(-c3ccc4ccccc4c3)n2)C1. The maximum atomic E-state index is 12.9. The minimum Gasteiger partial charge on any atom is -0.339 e. The Kier molecular flexibility index (Phi) is 5.32. The van der Waals surface area contributed by atoms with Crippen LogP contribution in [0, 0.1) is 0 Å². The van der Waals surface area contributed by atoms with Crippen molar-refractivity contribution in [3.63, 3.8) is 0 Å². The molecule has 30 heavy (non-hydrogen) atoms. The molecule has 1 atom stereocenters. The van der Waals surface area contributed by atoms with Crippen molar-refractivity contribution in [2.24, 2.45) is 0 Å². The van der Waals surface area contributed by atoms with Gasteiger partial charge in [-0.15, -0.1) is 0 Å². The van der Waals surface area contributed by atoms with Gasteiger partial charge in [0, 0.05) is 31.8 Å². The van der Waals surface area contributed by atoms with Crippen LogP contribution in [0.25, 0.3) is 22.0 Å². The Bertz CT molecular complexity index is 1070. The average molecular weight is 414 g/mol. The van der Waals surface area contributed by atoms with E-state index in [1.165, 1.54) is 6.92 Å². The maximum Gasteiger partial charge on any atom is 0.406 e. The van der Waals surface area contributed by atoms with E-state index >= 15 is 0 Å². The number of amides is 1. The number of rotatable bonds is 4. The summed E-state index contributed by atoms with van der Waals surface area (Å²) in [4.78, 5) is 23.5. The Labute approximate surface area is 172 Å². The highest BCUT2D eigenvalue weighted by molar-refractivity contribution is 5.86. The normalized spacial score (nSPS) is 16.8. The quantitative estimate of drug-likeness (QED) is 0.639.